The second-order valence-electron chi connectivity index (χ2n) is 22.6. The van der Waals surface area contributed by atoms with Crippen LogP contribution in [0.3, 0.4) is 0 Å². The summed E-state index contributed by atoms with van der Waals surface area (Å²) in [6.07, 6.45) is 0. The van der Waals surface area contributed by atoms with E-state index in [1.54, 1.807) is 0 Å². The maximum atomic E-state index is 2.42. The molecule has 0 amide bonds. The molecule has 0 fully saturated rings. The van der Waals surface area contributed by atoms with Gasteiger partial charge in [-0.2, -0.15) is 0 Å². The predicted octanol–water partition coefficient (Wildman–Crippen LogP) is 19.5. The molecule has 0 aliphatic heterocycles. The monoisotopic (exact) mass is 1010 g/mol. The fraction of sp³-hybridized carbons (Fsp3) is 0.0833. The molecule has 0 atom stereocenters. The van der Waals surface area contributed by atoms with Gasteiger partial charge >= 0.3 is 0 Å². The van der Waals surface area contributed by atoms with Crippen molar-refractivity contribution in [1.82, 2.24) is 4.57 Å². The van der Waals surface area contributed by atoms with Crippen molar-refractivity contribution in [2.24, 2.45) is 0 Å². The van der Waals surface area contributed by atoms with Gasteiger partial charge in [0, 0.05) is 33.5 Å². The van der Waals surface area contributed by atoms with Crippen LogP contribution in [0.15, 0.2) is 255 Å². The summed E-state index contributed by atoms with van der Waals surface area (Å²) in [4.78, 5) is 2.38. The van der Waals surface area contributed by atoms with Gasteiger partial charge in [-0.15, -0.1) is 0 Å². The zero-order valence-electron chi connectivity index (χ0n) is 44.1. The number of hydrogen-bond donors (Lipinski definition) is 0. The van der Waals surface area contributed by atoms with Gasteiger partial charge in [0.1, 0.15) is 0 Å². The van der Waals surface area contributed by atoms with Crippen molar-refractivity contribution < 1.29 is 0 Å². The Labute approximate surface area is 448 Å². The summed E-state index contributed by atoms with van der Waals surface area (Å²) in [6, 6.07) is 95.2. The van der Waals surface area contributed by atoms with Gasteiger partial charge in [-0.3, -0.25) is 0 Å². The first-order valence-electron chi connectivity index (χ1n) is 26.7. The van der Waals surface area contributed by atoms with Crippen molar-refractivity contribution in [2.75, 3.05) is 4.90 Å². The molecular formula is C72H60N2Si2. The quantitative estimate of drug-likeness (QED) is 0.0979. The maximum absolute atomic E-state index is 2.42. The molecule has 4 heteroatoms. The van der Waals surface area contributed by atoms with E-state index in [0.29, 0.717) is 0 Å². The van der Waals surface area contributed by atoms with E-state index >= 15 is 0 Å². The van der Waals surface area contributed by atoms with E-state index in [0.717, 1.165) is 22.7 Å². The number of anilines is 3. The van der Waals surface area contributed by atoms with Gasteiger partial charge in [-0.25, -0.2) is 0 Å². The van der Waals surface area contributed by atoms with Crippen LogP contribution >= 0.6 is 0 Å². The van der Waals surface area contributed by atoms with E-state index in [1.807, 2.05) is 0 Å². The Morgan fingerprint density at radius 2 is 0.553 bits per heavy atom. The molecular weight excluding hydrogens is 949 g/mol. The minimum atomic E-state index is -1.39. The van der Waals surface area contributed by atoms with Gasteiger partial charge in [0.25, 0.3) is 0 Å². The minimum absolute atomic E-state index is 1.11. The zero-order chi connectivity index (χ0) is 51.7. The van der Waals surface area contributed by atoms with Crippen molar-refractivity contribution >= 4 is 97.7 Å². The van der Waals surface area contributed by atoms with E-state index in [2.05, 4.69) is 304 Å². The van der Waals surface area contributed by atoms with Crippen LogP contribution in [-0.2, 0) is 0 Å². The highest BCUT2D eigenvalue weighted by molar-refractivity contribution is 6.89. The lowest BCUT2D eigenvalue weighted by Crippen LogP contribution is -2.37. The lowest BCUT2D eigenvalue weighted by Gasteiger charge is -2.26. The van der Waals surface area contributed by atoms with E-state index in [9.17, 15) is 0 Å². The Kier molecular flexibility index (Phi) is 11.6. The first-order chi connectivity index (χ1) is 36.9. The van der Waals surface area contributed by atoms with Crippen LogP contribution in [0.25, 0.3) is 104 Å². The fourth-order valence-corrected chi connectivity index (χ4v) is 13.8. The lowest BCUT2D eigenvalue weighted by atomic mass is 9.92. The Morgan fingerprint density at radius 1 is 0.250 bits per heavy atom. The zero-order valence-corrected chi connectivity index (χ0v) is 46.1. The molecule has 0 radical (unpaired) electrons. The summed E-state index contributed by atoms with van der Waals surface area (Å²) < 4.78 is 2.42. The number of nitrogens with zero attached hydrogens (tertiary/aromatic N) is 2. The summed E-state index contributed by atoms with van der Waals surface area (Å²) in [5.41, 5.74) is 16.6. The van der Waals surface area contributed by atoms with Crippen molar-refractivity contribution in [3.63, 3.8) is 0 Å². The highest BCUT2D eigenvalue weighted by Crippen LogP contribution is 2.41. The van der Waals surface area contributed by atoms with Crippen LogP contribution in [0.1, 0.15) is 0 Å². The van der Waals surface area contributed by atoms with Crippen LogP contribution in [0.4, 0.5) is 17.1 Å². The smallest absolute Gasteiger partial charge is 0.0775 e. The number of aromatic nitrogens is 1. The molecule has 366 valence electrons. The summed E-state index contributed by atoms with van der Waals surface area (Å²) in [5, 5.41) is 13.2. The van der Waals surface area contributed by atoms with Crippen LogP contribution in [-0.4, -0.2) is 20.7 Å². The third-order valence-corrected chi connectivity index (χ3v) is 19.9. The highest BCUT2D eigenvalue weighted by atomic mass is 28.3. The summed E-state index contributed by atoms with van der Waals surface area (Å²) >= 11 is 0. The number of hydrogen-bond acceptors (Lipinski definition) is 1. The van der Waals surface area contributed by atoms with Crippen molar-refractivity contribution in [1.29, 1.82) is 0 Å². The molecule has 0 aliphatic rings. The SMILES string of the molecule is C[Si](C)(C)c1ccc(-c2ccc(N(c3ccc(-c4ccc([Si](C)(C)C)cc4)cc3)c3ccc(-c4ccc5c(c4)c4ccccc4n5-c4ccc(-c5ccc6c7ccccc7c7ccccc7c6c5)cc4)cc3)cc2)cc1. The van der Waals surface area contributed by atoms with Crippen LogP contribution < -0.4 is 15.3 Å². The maximum Gasteiger partial charge on any atom is 0.0775 e. The molecule has 0 saturated heterocycles. The molecule has 2 nitrogen and oxygen atoms in total. The van der Waals surface area contributed by atoms with Gasteiger partial charge in [0.15, 0.2) is 0 Å². The van der Waals surface area contributed by atoms with E-state index in [4.69, 9.17) is 0 Å². The molecule has 0 saturated carbocycles. The molecule has 0 bridgehead atoms. The predicted molar refractivity (Wildman–Crippen MR) is 336 cm³/mol. The summed E-state index contributed by atoms with van der Waals surface area (Å²) in [7, 11) is -2.77. The largest absolute Gasteiger partial charge is 0.311 e. The molecule has 0 spiro atoms. The fourth-order valence-electron chi connectivity index (χ4n) is 11.5. The molecule has 12 aromatic carbocycles. The van der Waals surface area contributed by atoms with Crippen molar-refractivity contribution in [3.8, 4) is 50.2 Å². The van der Waals surface area contributed by atoms with Crippen molar-refractivity contribution in [2.45, 2.75) is 39.3 Å². The third-order valence-electron chi connectivity index (χ3n) is 15.8. The van der Waals surface area contributed by atoms with E-state index in [-0.39, 0.29) is 0 Å². The van der Waals surface area contributed by atoms with Crippen LogP contribution in [0, 0.1) is 0 Å². The topological polar surface area (TPSA) is 8.17 Å². The number of benzene rings is 12. The molecule has 1 heterocycles. The number of rotatable bonds is 10. The average Bonchev–Trinajstić information content (AvgIpc) is 3.86. The Hall–Kier alpha value is -8.55. The Balaban J connectivity index is 0.826. The molecule has 0 unspecified atom stereocenters. The molecule has 13 aromatic rings. The Morgan fingerprint density at radius 3 is 0.987 bits per heavy atom. The van der Waals surface area contributed by atoms with E-state index in [1.165, 1.54) is 109 Å². The third kappa shape index (κ3) is 8.54. The lowest BCUT2D eigenvalue weighted by molar-refractivity contribution is 1.18. The molecule has 0 aliphatic carbocycles. The van der Waals surface area contributed by atoms with Gasteiger partial charge < -0.3 is 9.47 Å². The standard InChI is InChI=1S/C72H60N2Si2/c1-75(2,3)61-41-27-51(28-42-61)49-19-33-57(34-20-49)73(58-35-21-50(22-36-58)52-29-43-62(44-30-52)76(4,5)6)59-37-23-54(24-38-59)56-32-46-72-70(48-56)68-17-11-12-18-71(68)74(72)60-39-25-53(26-40-60)55-31-45-67-65-15-8-7-13-63(65)64-14-9-10-16-66(64)69(67)47-55/h7-48H,1-6H3. The van der Waals surface area contributed by atoms with Crippen LogP contribution in [0.5, 0.6) is 0 Å². The summed E-state index contributed by atoms with van der Waals surface area (Å²) in [5.74, 6) is 0. The first-order valence-corrected chi connectivity index (χ1v) is 33.7. The Bertz CT molecular complexity index is 4160. The molecule has 1 aromatic heterocycles. The van der Waals surface area contributed by atoms with Gasteiger partial charge in [0.2, 0.25) is 0 Å². The number of fused-ring (bicyclic) bond motifs is 9. The number of para-hydroxylation sites is 1. The first kappa shape index (κ1) is 47.2. The average molecular weight is 1010 g/mol. The second kappa shape index (κ2) is 18.7. The van der Waals surface area contributed by atoms with Crippen LogP contribution in [0.2, 0.25) is 39.3 Å². The normalized spacial score (nSPS) is 12.1. The van der Waals surface area contributed by atoms with E-state index < -0.39 is 16.1 Å². The summed E-state index contributed by atoms with van der Waals surface area (Å²) in [6.45, 7) is 14.4. The van der Waals surface area contributed by atoms with Gasteiger partial charge in [-0.1, -0.05) is 232 Å². The highest BCUT2D eigenvalue weighted by Gasteiger charge is 2.20. The molecule has 76 heavy (non-hydrogen) atoms. The van der Waals surface area contributed by atoms with Gasteiger partial charge in [0.05, 0.1) is 27.2 Å². The second-order valence-corrected chi connectivity index (χ2v) is 32.8. The van der Waals surface area contributed by atoms with Crippen molar-refractivity contribution in [3.05, 3.63) is 255 Å². The molecule has 13 rings (SSSR count). The van der Waals surface area contributed by atoms with Gasteiger partial charge in [-0.05, 0) is 150 Å². The molecule has 0 N–H and O–H groups in total. The minimum Gasteiger partial charge on any atom is -0.311 e.